The molecule has 5 nitrogen and oxygen atoms in total. The fourth-order valence-electron chi connectivity index (χ4n) is 3.06. The molecule has 0 unspecified atom stereocenters. The van der Waals surface area contributed by atoms with Gasteiger partial charge in [0.25, 0.3) is 5.91 Å². The molecule has 0 N–H and O–H groups in total. The van der Waals surface area contributed by atoms with Gasteiger partial charge in [0.1, 0.15) is 5.75 Å². The van der Waals surface area contributed by atoms with Crippen LogP contribution in [0.5, 0.6) is 5.75 Å². The average Bonchev–Trinajstić information content (AvgIpc) is 3.12. The van der Waals surface area contributed by atoms with Crippen molar-refractivity contribution in [3.63, 3.8) is 0 Å². The zero-order chi connectivity index (χ0) is 16.0. The maximum atomic E-state index is 13.2. The molecular formula is C18H15N3O2. The molecule has 5 heteroatoms. The molecule has 2 aromatic heterocycles. The molecule has 0 amide bonds. The standard InChI is InChI=1S/C18H15N3O2/c1-20-17-12-7-3-5-9-14(12)21(15(17)11-19-20)18(22)13-8-4-6-10-16(13)23-2/h3-11H,1-2H3. The molecule has 0 aliphatic carbocycles. The molecule has 0 aliphatic heterocycles. The number of fused-ring (bicyclic) bond motifs is 3. The van der Waals surface area contributed by atoms with Gasteiger partial charge in [0.2, 0.25) is 0 Å². The Labute approximate surface area is 132 Å². The third-order valence-corrected chi connectivity index (χ3v) is 4.10. The second-order valence-corrected chi connectivity index (χ2v) is 5.36. The Morgan fingerprint density at radius 1 is 1.04 bits per heavy atom. The summed E-state index contributed by atoms with van der Waals surface area (Å²) in [5, 5.41) is 5.30. The van der Waals surface area contributed by atoms with Crippen LogP contribution in [0.15, 0.2) is 54.7 Å². The molecule has 0 atom stereocenters. The minimum Gasteiger partial charge on any atom is -0.496 e. The summed E-state index contributed by atoms with van der Waals surface area (Å²) in [6.45, 7) is 0. The molecule has 0 saturated carbocycles. The van der Waals surface area contributed by atoms with E-state index in [0.717, 1.165) is 21.9 Å². The molecule has 23 heavy (non-hydrogen) atoms. The Hall–Kier alpha value is -3.08. The number of rotatable bonds is 2. The Morgan fingerprint density at radius 2 is 1.78 bits per heavy atom. The van der Waals surface area contributed by atoms with Gasteiger partial charge >= 0.3 is 0 Å². The second-order valence-electron chi connectivity index (χ2n) is 5.36. The first-order valence-corrected chi connectivity index (χ1v) is 7.31. The largest absolute Gasteiger partial charge is 0.496 e. The van der Waals surface area contributed by atoms with Gasteiger partial charge in [0, 0.05) is 12.4 Å². The third-order valence-electron chi connectivity index (χ3n) is 4.10. The number of ether oxygens (including phenoxy) is 1. The smallest absolute Gasteiger partial charge is 0.266 e. The average molecular weight is 305 g/mol. The summed E-state index contributed by atoms with van der Waals surface area (Å²) in [6, 6.07) is 15.1. The van der Waals surface area contributed by atoms with E-state index in [9.17, 15) is 4.79 Å². The van der Waals surface area contributed by atoms with Crippen molar-refractivity contribution in [3.8, 4) is 5.75 Å². The lowest BCUT2D eigenvalue weighted by Gasteiger charge is -2.09. The maximum absolute atomic E-state index is 13.2. The van der Waals surface area contributed by atoms with Gasteiger partial charge < -0.3 is 4.74 Å². The summed E-state index contributed by atoms with van der Waals surface area (Å²) in [5.74, 6) is 0.439. The Kier molecular flexibility index (Phi) is 2.94. The minimum atomic E-state index is -0.123. The lowest BCUT2D eigenvalue weighted by atomic mass is 10.2. The normalized spacial score (nSPS) is 11.2. The summed E-state index contributed by atoms with van der Waals surface area (Å²) in [6.07, 6.45) is 1.72. The van der Waals surface area contributed by atoms with E-state index < -0.39 is 0 Å². The van der Waals surface area contributed by atoms with Crippen LogP contribution in [-0.2, 0) is 7.05 Å². The highest BCUT2D eigenvalue weighted by molar-refractivity contribution is 6.15. The fraction of sp³-hybridized carbons (Fsp3) is 0.111. The van der Waals surface area contributed by atoms with Gasteiger partial charge in [-0.3, -0.25) is 14.0 Å². The number of hydrogen-bond acceptors (Lipinski definition) is 3. The zero-order valence-corrected chi connectivity index (χ0v) is 12.9. The van der Waals surface area contributed by atoms with Crippen molar-refractivity contribution in [2.75, 3.05) is 7.11 Å². The molecule has 114 valence electrons. The van der Waals surface area contributed by atoms with Crippen molar-refractivity contribution in [1.29, 1.82) is 0 Å². The molecule has 2 heterocycles. The van der Waals surface area contributed by atoms with E-state index in [0.29, 0.717) is 11.3 Å². The van der Waals surface area contributed by atoms with Crippen molar-refractivity contribution < 1.29 is 9.53 Å². The first kappa shape index (κ1) is 13.6. The first-order valence-electron chi connectivity index (χ1n) is 7.31. The van der Waals surface area contributed by atoms with Crippen molar-refractivity contribution in [3.05, 3.63) is 60.3 Å². The predicted octanol–water partition coefficient (Wildman–Crippen LogP) is 3.23. The van der Waals surface area contributed by atoms with Crippen LogP contribution in [0.2, 0.25) is 0 Å². The second kappa shape index (κ2) is 4.98. The number of nitrogens with zero attached hydrogens (tertiary/aromatic N) is 3. The predicted molar refractivity (Wildman–Crippen MR) is 88.9 cm³/mol. The molecule has 4 rings (SSSR count). The van der Waals surface area contributed by atoms with Gasteiger partial charge in [-0.1, -0.05) is 30.3 Å². The minimum absolute atomic E-state index is 0.123. The highest BCUT2D eigenvalue weighted by atomic mass is 16.5. The summed E-state index contributed by atoms with van der Waals surface area (Å²) in [5.41, 5.74) is 3.14. The molecule has 0 spiro atoms. The SMILES string of the molecule is COc1ccccc1C(=O)n1c2ccccc2c2c1cnn2C. The summed E-state index contributed by atoms with van der Waals surface area (Å²) in [4.78, 5) is 13.2. The van der Waals surface area contributed by atoms with Crippen molar-refractivity contribution in [2.45, 2.75) is 0 Å². The van der Waals surface area contributed by atoms with Crippen LogP contribution in [0.25, 0.3) is 21.9 Å². The van der Waals surface area contributed by atoms with Crippen LogP contribution in [0.3, 0.4) is 0 Å². The molecule has 0 fully saturated rings. The Morgan fingerprint density at radius 3 is 2.61 bits per heavy atom. The van der Waals surface area contributed by atoms with Crippen LogP contribution < -0.4 is 4.74 Å². The lowest BCUT2D eigenvalue weighted by Crippen LogP contribution is -2.12. The van der Waals surface area contributed by atoms with Crippen molar-refractivity contribution in [2.24, 2.45) is 7.05 Å². The van der Waals surface area contributed by atoms with Crippen LogP contribution in [-0.4, -0.2) is 27.4 Å². The summed E-state index contributed by atoms with van der Waals surface area (Å²) >= 11 is 0. The number of benzene rings is 2. The van der Waals surface area contributed by atoms with Gasteiger partial charge in [0.05, 0.1) is 35.4 Å². The van der Waals surface area contributed by atoms with E-state index >= 15 is 0 Å². The maximum Gasteiger partial charge on any atom is 0.266 e. The van der Waals surface area contributed by atoms with Gasteiger partial charge in [0.15, 0.2) is 0 Å². The first-order chi connectivity index (χ1) is 11.2. The monoisotopic (exact) mass is 305 g/mol. The van der Waals surface area contributed by atoms with Crippen LogP contribution >= 0.6 is 0 Å². The molecule has 0 bridgehead atoms. The van der Waals surface area contributed by atoms with E-state index in [2.05, 4.69) is 5.10 Å². The van der Waals surface area contributed by atoms with Crippen LogP contribution in [0.4, 0.5) is 0 Å². The van der Waals surface area contributed by atoms with E-state index in [1.165, 1.54) is 0 Å². The zero-order valence-electron chi connectivity index (χ0n) is 12.9. The molecule has 0 radical (unpaired) electrons. The summed E-state index contributed by atoms with van der Waals surface area (Å²) in [7, 11) is 3.45. The molecular weight excluding hydrogens is 290 g/mol. The lowest BCUT2D eigenvalue weighted by molar-refractivity contribution is 0.0966. The number of aromatic nitrogens is 3. The number of hydrogen-bond donors (Lipinski definition) is 0. The van der Waals surface area contributed by atoms with E-state index in [1.807, 2.05) is 43.4 Å². The van der Waals surface area contributed by atoms with Crippen LogP contribution in [0, 0.1) is 0 Å². The van der Waals surface area contributed by atoms with Gasteiger partial charge in [-0.2, -0.15) is 5.10 Å². The topological polar surface area (TPSA) is 49.1 Å². The van der Waals surface area contributed by atoms with Crippen molar-refractivity contribution in [1.82, 2.24) is 14.3 Å². The Balaban J connectivity index is 2.06. The van der Waals surface area contributed by atoms with Gasteiger partial charge in [-0.25, -0.2) is 0 Å². The van der Waals surface area contributed by atoms with Gasteiger partial charge in [-0.05, 0) is 18.2 Å². The molecule has 2 aromatic carbocycles. The van der Waals surface area contributed by atoms with Crippen molar-refractivity contribution >= 4 is 27.8 Å². The van der Waals surface area contributed by atoms with E-state index in [-0.39, 0.29) is 5.91 Å². The highest BCUT2D eigenvalue weighted by Crippen LogP contribution is 2.30. The third kappa shape index (κ3) is 1.86. The summed E-state index contributed by atoms with van der Waals surface area (Å²) < 4.78 is 8.84. The molecule has 0 saturated heterocycles. The van der Waals surface area contributed by atoms with Crippen LogP contribution in [0.1, 0.15) is 10.4 Å². The Bertz CT molecular complexity index is 1040. The number of para-hydroxylation sites is 2. The number of carbonyl (C=O) groups is 1. The molecule has 0 aliphatic rings. The quantitative estimate of drug-likeness (QED) is 0.571. The van der Waals surface area contributed by atoms with E-state index in [1.54, 1.807) is 34.7 Å². The molecule has 4 aromatic rings. The number of aryl methyl sites for hydroxylation is 1. The van der Waals surface area contributed by atoms with E-state index in [4.69, 9.17) is 4.74 Å². The van der Waals surface area contributed by atoms with Gasteiger partial charge in [-0.15, -0.1) is 0 Å². The number of carbonyl (C=O) groups excluding carboxylic acids is 1. The number of methoxy groups -OCH3 is 1. The fourth-order valence-corrected chi connectivity index (χ4v) is 3.06. The highest BCUT2D eigenvalue weighted by Gasteiger charge is 2.21.